The van der Waals surface area contributed by atoms with E-state index in [0.29, 0.717) is 22.6 Å². The van der Waals surface area contributed by atoms with Crippen LogP contribution in [-0.2, 0) is 0 Å². The second kappa shape index (κ2) is 7.40. The van der Waals surface area contributed by atoms with Crippen LogP contribution in [0.4, 0.5) is 10.2 Å². The van der Waals surface area contributed by atoms with Gasteiger partial charge in [0.05, 0.1) is 18.1 Å². The molecule has 4 rings (SSSR count). The maximum Gasteiger partial charge on any atom is 0.322 e. The summed E-state index contributed by atoms with van der Waals surface area (Å²) in [6, 6.07) is 14.3. The normalized spacial score (nSPS) is 10.6. The van der Waals surface area contributed by atoms with Crippen molar-refractivity contribution in [3.05, 3.63) is 78.6 Å². The third-order valence-corrected chi connectivity index (χ3v) is 4.09. The summed E-state index contributed by atoms with van der Waals surface area (Å²) < 4.78 is 20.6. The highest BCUT2D eigenvalue weighted by molar-refractivity contribution is 5.73. The van der Waals surface area contributed by atoms with Gasteiger partial charge in [0.25, 0.3) is 0 Å². The monoisotopic (exact) mass is 373 g/mol. The molecule has 2 aromatic heterocycles. The number of hydrogen-bond acceptors (Lipinski definition) is 6. The Hall–Kier alpha value is -3.87. The largest absolute Gasteiger partial charge is 0.424 e. The number of halogens is 1. The van der Waals surface area contributed by atoms with Gasteiger partial charge in [-0.1, -0.05) is 24.3 Å². The van der Waals surface area contributed by atoms with Crippen molar-refractivity contribution in [1.82, 2.24) is 19.9 Å². The molecule has 4 aromatic rings. The van der Waals surface area contributed by atoms with Crippen LogP contribution in [0.3, 0.4) is 0 Å². The third-order valence-electron chi connectivity index (χ3n) is 4.09. The lowest BCUT2D eigenvalue weighted by Crippen LogP contribution is -1.96. The summed E-state index contributed by atoms with van der Waals surface area (Å²) in [7, 11) is 0. The number of nitrogens with zero attached hydrogens (tertiary/aromatic N) is 4. The average Bonchev–Trinajstić information content (AvgIpc) is 2.69. The smallest absolute Gasteiger partial charge is 0.322 e. The molecule has 0 aliphatic heterocycles. The van der Waals surface area contributed by atoms with Gasteiger partial charge in [-0.3, -0.25) is 4.98 Å². The van der Waals surface area contributed by atoms with Crippen LogP contribution in [0.2, 0.25) is 0 Å². The van der Waals surface area contributed by atoms with Crippen LogP contribution in [-0.4, -0.2) is 19.9 Å². The summed E-state index contributed by atoms with van der Waals surface area (Å²) in [4.78, 5) is 16.4. The summed E-state index contributed by atoms with van der Waals surface area (Å²) in [5.41, 5.74) is 8.48. The van der Waals surface area contributed by atoms with E-state index in [0.717, 1.165) is 11.3 Å². The van der Waals surface area contributed by atoms with Crippen LogP contribution < -0.4 is 10.5 Å². The number of hydrogen-bond donors (Lipinski definition) is 1. The zero-order valence-corrected chi connectivity index (χ0v) is 15.0. The van der Waals surface area contributed by atoms with Gasteiger partial charge in [-0.15, -0.1) is 0 Å². The molecule has 2 N–H and O–H groups in total. The van der Waals surface area contributed by atoms with Crippen molar-refractivity contribution in [2.24, 2.45) is 0 Å². The standard InChI is InChI=1S/C21H16FN5O/c1-13-8-9-24-21(27-13)28-19-5-3-2-4-15(19)14-6-7-16(17(22)10-14)18-11-26-20(23)12-25-18/h2-12H,1H3,(H2,23,26). The Morgan fingerprint density at radius 3 is 2.54 bits per heavy atom. The van der Waals surface area contributed by atoms with Crippen LogP contribution in [0.15, 0.2) is 67.1 Å². The predicted molar refractivity (Wildman–Crippen MR) is 104 cm³/mol. The lowest BCUT2D eigenvalue weighted by molar-refractivity contribution is 0.442. The number of aryl methyl sites for hydroxylation is 1. The first kappa shape index (κ1) is 17.5. The summed E-state index contributed by atoms with van der Waals surface area (Å²) in [5.74, 6) is 0.399. The van der Waals surface area contributed by atoms with Crippen molar-refractivity contribution in [1.29, 1.82) is 0 Å². The number of anilines is 1. The Morgan fingerprint density at radius 2 is 1.79 bits per heavy atom. The molecular formula is C21H16FN5O. The van der Waals surface area contributed by atoms with Crippen molar-refractivity contribution in [3.63, 3.8) is 0 Å². The number of rotatable bonds is 4. The minimum Gasteiger partial charge on any atom is -0.424 e. The van der Waals surface area contributed by atoms with E-state index in [2.05, 4.69) is 19.9 Å². The summed E-state index contributed by atoms with van der Waals surface area (Å²) in [6.45, 7) is 1.86. The summed E-state index contributed by atoms with van der Waals surface area (Å²) >= 11 is 0. The molecule has 2 aromatic carbocycles. The lowest BCUT2D eigenvalue weighted by Gasteiger charge is -2.11. The average molecular weight is 373 g/mol. The van der Waals surface area contributed by atoms with Crippen molar-refractivity contribution >= 4 is 5.82 Å². The molecule has 0 atom stereocenters. The van der Waals surface area contributed by atoms with Gasteiger partial charge in [0.1, 0.15) is 17.4 Å². The van der Waals surface area contributed by atoms with Gasteiger partial charge in [-0.05, 0) is 36.8 Å². The minimum atomic E-state index is -0.418. The molecule has 0 radical (unpaired) electrons. The Morgan fingerprint density at radius 1 is 0.929 bits per heavy atom. The van der Waals surface area contributed by atoms with Gasteiger partial charge in [0.15, 0.2) is 0 Å². The maximum absolute atomic E-state index is 14.8. The van der Waals surface area contributed by atoms with Gasteiger partial charge < -0.3 is 10.5 Å². The maximum atomic E-state index is 14.8. The van der Waals surface area contributed by atoms with Crippen LogP contribution in [0, 0.1) is 12.7 Å². The predicted octanol–water partition coefficient (Wildman–Crippen LogP) is 4.42. The highest BCUT2D eigenvalue weighted by Gasteiger charge is 2.13. The second-order valence-electron chi connectivity index (χ2n) is 6.10. The summed E-state index contributed by atoms with van der Waals surface area (Å²) in [5, 5.41) is 0. The number of aromatic nitrogens is 4. The zero-order valence-electron chi connectivity index (χ0n) is 15.0. The molecule has 138 valence electrons. The quantitative estimate of drug-likeness (QED) is 0.570. The van der Waals surface area contributed by atoms with E-state index in [1.54, 1.807) is 30.5 Å². The number of benzene rings is 2. The molecule has 0 fully saturated rings. The fraction of sp³-hybridized carbons (Fsp3) is 0.0476. The molecule has 0 aliphatic carbocycles. The van der Waals surface area contributed by atoms with E-state index in [4.69, 9.17) is 10.5 Å². The first-order valence-corrected chi connectivity index (χ1v) is 8.54. The van der Waals surface area contributed by atoms with E-state index < -0.39 is 5.82 Å². The van der Waals surface area contributed by atoms with E-state index >= 15 is 0 Å². The zero-order chi connectivity index (χ0) is 19.5. The van der Waals surface area contributed by atoms with Crippen LogP contribution in [0.1, 0.15) is 5.69 Å². The minimum absolute atomic E-state index is 0.238. The fourth-order valence-corrected chi connectivity index (χ4v) is 2.74. The molecule has 0 aliphatic rings. The molecule has 7 heteroatoms. The summed E-state index contributed by atoms with van der Waals surface area (Å²) in [6.07, 6.45) is 4.47. The van der Waals surface area contributed by atoms with Crippen molar-refractivity contribution in [2.45, 2.75) is 6.92 Å². The molecular weight excluding hydrogens is 357 g/mol. The molecule has 0 saturated heterocycles. The van der Waals surface area contributed by atoms with Gasteiger partial charge in [0.2, 0.25) is 0 Å². The lowest BCUT2D eigenvalue weighted by atomic mass is 10.0. The molecule has 6 nitrogen and oxygen atoms in total. The topological polar surface area (TPSA) is 86.8 Å². The number of para-hydroxylation sites is 1. The molecule has 0 bridgehead atoms. The molecule has 0 amide bonds. The Balaban J connectivity index is 1.70. The number of ether oxygens (including phenoxy) is 1. The Bertz CT molecular complexity index is 1130. The van der Waals surface area contributed by atoms with Crippen molar-refractivity contribution in [2.75, 3.05) is 5.73 Å². The first-order chi connectivity index (χ1) is 13.6. The second-order valence-corrected chi connectivity index (χ2v) is 6.10. The van der Waals surface area contributed by atoms with Gasteiger partial charge in [0, 0.05) is 23.0 Å². The first-order valence-electron chi connectivity index (χ1n) is 8.54. The molecule has 2 heterocycles. The Kier molecular flexibility index (Phi) is 4.63. The van der Waals surface area contributed by atoms with Gasteiger partial charge in [-0.25, -0.2) is 19.3 Å². The molecule has 0 saturated carbocycles. The number of nitrogens with two attached hydrogens (primary N) is 1. The Labute approximate surface area is 160 Å². The molecule has 28 heavy (non-hydrogen) atoms. The number of nitrogen functional groups attached to an aromatic ring is 1. The van der Waals surface area contributed by atoms with E-state index in [1.807, 2.05) is 25.1 Å². The fourth-order valence-electron chi connectivity index (χ4n) is 2.74. The van der Waals surface area contributed by atoms with Gasteiger partial charge in [-0.2, -0.15) is 0 Å². The van der Waals surface area contributed by atoms with E-state index in [9.17, 15) is 4.39 Å². The molecule has 0 unspecified atom stereocenters. The SMILES string of the molecule is Cc1ccnc(Oc2ccccc2-c2ccc(-c3cnc(N)cn3)c(F)c2)n1. The molecule has 0 spiro atoms. The third kappa shape index (κ3) is 3.64. The van der Waals surface area contributed by atoms with Gasteiger partial charge >= 0.3 is 6.01 Å². The van der Waals surface area contributed by atoms with E-state index in [-0.39, 0.29) is 11.8 Å². The van der Waals surface area contributed by atoms with Crippen molar-refractivity contribution < 1.29 is 9.13 Å². The highest BCUT2D eigenvalue weighted by Crippen LogP contribution is 2.34. The van der Waals surface area contributed by atoms with Crippen LogP contribution >= 0.6 is 0 Å². The van der Waals surface area contributed by atoms with Crippen molar-refractivity contribution in [3.8, 4) is 34.1 Å². The highest BCUT2D eigenvalue weighted by atomic mass is 19.1. The van der Waals surface area contributed by atoms with Crippen LogP contribution in [0.5, 0.6) is 11.8 Å². The van der Waals surface area contributed by atoms with E-state index in [1.165, 1.54) is 18.5 Å². The van der Waals surface area contributed by atoms with Crippen LogP contribution in [0.25, 0.3) is 22.4 Å².